The lowest BCUT2D eigenvalue weighted by molar-refractivity contribution is -0.870. The minimum absolute atomic E-state index is 0.0862. The molecule has 0 aliphatic heterocycles. The van der Waals surface area contributed by atoms with Gasteiger partial charge in [0.1, 0.15) is 19.3 Å². The van der Waals surface area contributed by atoms with Crippen molar-refractivity contribution in [1.29, 1.82) is 0 Å². The molecule has 0 bridgehead atoms. The first-order valence-electron chi connectivity index (χ1n) is 26.4. The van der Waals surface area contributed by atoms with Crippen LogP contribution in [0.2, 0.25) is 0 Å². The van der Waals surface area contributed by atoms with Crippen LogP contribution in [0.25, 0.3) is 0 Å². The first kappa shape index (κ1) is 61.5. The molecule has 2 atom stereocenters. The van der Waals surface area contributed by atoms with Gasteiger partial charge in [0.15, 0.2) is 0 Å². The number of phosphoric acid groups is 1. The molecule has 63 heavy (non-hydrogen) atoms. The molecule has 0 spiro atoms. The number of quaternary nitrogens is 1. The predicted octanol–water partition coefficient (Wildman–Crippen LogP) is 16.3. The molecule has 0 amide bonds. The summed E-state index contributed by atoms with van der Waals surface area (Å²) in [6, 6.07) is 0. The largest absolute Gasteiger partial charge is 0.472 e. The number of nitrogens with zero attached hydrogens (tertiary/aromatic N) is 1. The number of carbonyl (C=O) groups excluding carboxylic acids is 1. The lowest BCUT2D eigenvalue weighted by atomic mass is 10.0. The Morgan fingerprint density at radius 3 is 1.40 bits per heavy atom. The summed E-state index contributed by atoms with van der Waals surface area (Å²) < 4.78 is 35.2. The highest BCUT2D eigenvalue weighted by Gasteiger charge is 2.26. The Morgan fingerprint density at radius 1 is 0.508 bits per heavy atom. The second-order valence-corrected chi connectivity index (χ2v) is 20.3. The minimum atomic E-state index is -4.28. The van der Waals surface area contributed by atoms with Gasteiger partial charge in [-0.3, -0.25) is 13.8 Å². The van der Waals surface area contributed by atoms with Gasteiger partial charge in [0.2, 0.25) is 0 Å². The molecule has 0 aliphatic carbocycles. The highest BCUT2D eigenvalue weighted by molar-refractivity contribution is 7.47. The molecule has 9 heteroatoms. The van der Waals surface area contributed by atoms with E-state index < -0.39 is 13.9 Å². The zero-order valence-corrected chi connectivity index (χ0v) is 43.0. The topological polar surface area (TPSA) is 91.3 Å². The van der Waals surface area contributed by atoms with Crippen molar-refractivity contribution in [2.75, 3.05) is 54.1 Å². The van der Waals surface area contributed by atoms with Crippen LogP contribution in [0, 0.1) is 0 Å². The monoisotopic (exact) mass is 909 g/mol. The van der Waals surface area contributed by atoms with E-state index in [0.29, 0.717) is 24.1 Å². The summed E-state index contributed by atoms with van der Waals surface area (Å²) in [6.07, 6.45) is 58.7. The fourth-order valence-electron chi connectivity index (χ4n) is 7.33. The van der Waals surface area contributed by atoms with E-state index in [1.54, 1.807) is 0 Å². The lowest BCUT2D eigenvalue weighted by Crippen LogP contribution is -2.37. The molecule has 0 saturated carbocycles. The van der Waals surface area contributed by atoms with Crippen LogP contribution in [0.3, 0.4) is 0 Å². The van der Waals surface area contributed by atoms with Crippen LogP contribution in [-0.4, -0.2) is 75.6 Å². The molecular weight excluding hydrogens is 806 g/mol. The third kappa shape index (κ3) is 51.3. The van der Waals surface area contributed by atoms with E-state index in [9.17, 15) is 14.3 Å². The molecule has 8 nitrogen and oxygen atoms in total. The molecule has 0 aromatic carbocycles. The SMILES string of the molecule is CC/C=C\C/C=C\C/C=C\CCCCCCCCCCOCC(COP(=O)(O)OCC[N+](C)(C)C)OC(=O)CCCCCCCCCCCCC/C=C\CCCCCCCCCC. The number of allylic oxidation sites excluding steroid dienone is 8. The smallest absolute Gasteiger partial charge is 0.457 e. The van der Waals surface area contributed by atoms with E-state index in [0.717, 1.165) is 51.4 Å². The number of hydrogen-bond donors (Lipinski definition) is 1. The van der Waals surface area contributed by atoms with Gasteiger partial charge in [-0.1, -0.05) is 204 Å². The first-order valence-corrected chi connectivity index (χ1v) is 27.9. The van der Waals surface area contributed by atoms with E-state index in [-0.39, 0.29) is 25.8 Å². The molecule has 0 fully saturated rings. The molecule has 0 radical (unpaired) electrons. The third-order valence-electron chi connectivity index (χ3n) is 11.4. The number of esters is 1. The van der Waals surface area contributed by atoms with Crippen molar-refractivity contribution >= 4 is 13.8 Å². The van der Waals surface area contributed by atoms with Crippen LogP contribution in [-0.2, 0) is 27.9 Å². The van der Waals surface area contributed by atoms with Crippen LogP contribution in [0.15, 0.2) is 48.6 Å². The van der Waals surface area contributed by atoms with Gasteiger partial charge in [-0.05, 0) is 70.6 Å². The quantitative estimate of drug-likeness (QED) is 0.0214. The normalized spacial score (nSPS) is 13.9. The molecule has 0 aromatic rings. The van der Waals surface area contributed by atoms with Crippen molar-refractivity contribution < 1.29 is 37.3 Å². The summed E-state index contributed by atoms with van der Waals surface area (Å²) in [7, 11) is 1.66. The van der Waals surface area contributed by atoms with Gasteiger partial charge in [0.25, 0.3) is 0 Å². The van der Waals surface area contributed by atoms with Crippen LogP contribution in [0.5, 0.6) is 0 Å². The zero-order chi connectivity index (χ0) is 46.2. The summed E-state index contributed by atoms with van der Waals surface area (Å²) in [5.74, 6) is -0.316. The van der Waals surface area contributed by atoms with E-state index >= 15 is 0 Å². The summed E-state index contributed by atoms with van der Waals surface area (Å²) >= 11 is 0. The predicted molar refractivity (Wildman–Crippen MR) is 270 cm³/mol. The van der Waals surface area contributed by atoms with Crippen molar-refractivity contribution in [3.8, 4) is 0 Å². The van der Waals surface area contributed by atoms with E-state index in [2.05, 4.69) is 62.5 Å². The number of hydrogen-bond acceptors (Lipinski definition) is 6. The summed E-state index contributed by atoms with van der Waals surface area (Å²) in [5, 5.41) is 0. The van der Waals surface area contributed by atoms with Crippen LogP contribution in [0.4, 0.5) is 0 Å². The second kappa shape index (κ2) is 47.0. The molecule has 370 valence electrons. The van der Waals surface area contributed by atoms with E-state index in [1.807, 2.05) is 21.1 Å². The number of likely N-dealkylation sites (N-methyl/N-ethyl adjacent to an activating group) is 1. The van der Waals surface area contributed by atoms with Crippen molar-refractivity contribution in [3.63, 3.8) is 0 Å². The first-order chi connectivity index (χ1) is 30.6. The molecule has 1 N–H and O–H groups in total. The molecular formula is C54H103NO7P+. The molecule has 2 unspecified atom stereocenters. The Bertz CT molecular complexity index is 1150. The Morgan fingerprint density at radius 2 is 0.921 bits per heavy atom. The van der Waals surface area contributed by atoms with Gasteiger partial charge in [0.05, 0.1) is 34.4 Å². The molecule has 0 aromatic heterocycles. The standard InChI is InChI=1S/C54H102NO7P/c1-6-8-10-12-14-16-18-20-22-24-26-27-28-29-30-31-33-35-37-39-41-43-45-47-54(56)62-53(52-61-63(57,58)60-50-48-55(3,4)5)51-59-49-46-44-42-40-38-36-34-32-25-23-21-19-17-15-13-11-9-7-2/h9,11,15,17,21,23-24,26,53H,6-8,10,12-14,16,18-20,22,25,27-52H2,1-5H3/p+1/b11-9-,17-15-,23-21-,26-24-. The van der Waals surface area contributed by atoms with Crippen molar-refractivity contribution in [3.05, 3.63) is 48.6 Å². The number of ether oxygens (including phenoxy) is 2. The van der Waals surface area contributed by atoms with Gasteiger partial charge in [-0.25, -0.2) is 4.57 Å². The highest BCUT2D eigenvalue weighted by Crippen LogP contribution is 2.43. The maximum Gasteiger partial charge on any atom is 0.472 e. The average molecular weight is 909 g/mol. The highest BCUT2D eigenvalue weighted by atomic mass is 31.2. The summed E-state index contributed by atoms with van der Waals surface area (Å²) in [4.78, 5) is 23.0. The Hall–Kier alpha value is -1.54. The van der Waals surface area contributed by atoms with Crippen LogP contribution >= 0.6 is 7.82 Å². The second-order valence-electron chi connectivity index (χ2n) is 18.9. The van der Waals surface area contributed by atoms with E-state index in [4.69, 9.17) is 18.5 Å². The van der Waals surface area contributed by atoms with Crippen molar-refractivity contribution in [2.45, 2.75) is 238 Å². The Kier molecular flexibility index (Phi) is 45.8. The lowest BCUT2D eigenvalue weighted by Gasteiger charge is -2.24. The Labute approximate surface area is 390 Å². The summed E-state index contributed by atoms with van der Waals surface area (Å²) in [5.41, 5.74) is 0. The molecule has 0 rings (SSSR count). The fraction of sp³-hybridized carbons (Fsp3) is 0.833. The van der Waals surface area contributed by atoms with Gasteiger partial charge in [0, 0.05) is 13.0 Å². The number of unbranched alkanes of at least 4 members (excludes halogenated alkanes) is 27. The van der Waals surface area contributed by atoms with E-state index in [1.165, 1.54) is 161 Å². The molecule has 0 aliphatic rings. The number of phosphoric ester groups is 1. The van der Waals surface area contributed by atoms with Gasteiger partial charge in [-0.15, -0.1) is 0 Å². The Balaban J connectivity index is 4.11. The zero-order valence-electron chi connectivity index (χ0n) is 42.1. The molecule has 0 saturated heterocycles. The molecule has 0 heterocycles. The van der Waals surface area contributed by atoms with Crippen molar-refractivity contribution in [1.82, 2.24) is 0 Å². The average Bonchev–Trinajstić information content (AvgIpc) is 3.24. The number of carbonyl (C=O) groups is 1. The van der Waals surface area contributed by atoms with Gasteiger partial charge >= 0.3 is 13.8 Å². The third-order valence-corrected chi connectivity index (χ3v) is 12.4. The maximum atomic E-state index is 12.8. The number of rotatable bonds is 49. The van der Waals surface area contributed by atoms with Crippen molar-refractivity contribution in [2.24, 2.45) is 0 Å². The maximum absolute atomic E-state index is 12.8. The summed E-state index contributed by atoms with van der Waals surface area (Å²) in [6.45, 7) is 5.52. The fourth-order valence-corrected chi connectivity index (χ4v) is 8.07. The van der Waals surface area contributed by atoms with Crippen LogP contribution in [0.1, 0.15) is 232 Å². The minimum Gasteiger partial charge on any atom is -0.457 e. The van der Waals surface area contributed by atoms with Crippen LogP contribution < -0.4 is 0 Å². The van der Waals surface area contributed by atoms with Gasteiger partial charge < -0.3 is 18.9 Å². The van der Waals surface area contributed by atoms with Gasteiger partial charge in [-0.2, -0.15) is 0 Å².